The molecule has 24 heavy (non-hydrogen) atoms. The van der Waals surface area contributed by atoms with Crippen LogP contribution in [0, 0.1) is 5.92 Å². The van der Waals surface area contributed by atoms with Gasteiger partial charge in [0.25, 0.3) is 5.91 Å². The van der Waals surface area contributed by atoms with Crippen LogP contribution in [0.15, 0.2) is 65.8 Å². The van der Waals surface area contributed by atoms with Crippen molar-refractivity contribution in [2.45, 2.75) is 6.42 Å². The Morgan fingerprint density at radius 1 is 1.08 bits per heavy atom. The first-order valence-corrected chi connectivity index (χ1v) is 8.07. The Morgan fingerprint density at radius 3 is 2.33 bits per heavy atom. The topological polar surface area (TPSA) is 47.9 Å². The van der Waals surface area contributed by atoms with E-state index in [1.807, 2.05) is 67.6 Å². The molecule has 1 atom stereocenters. The van der Waals surface area contributed by atoms with E-state index in [0.717, 1.165) is 12.1 Å². The average molecular weight is 322 g/mol. The van der Waals surface area contributed by atoms with Gasteiger partial charge >= 0.3 is 0 Å². The van der Waals surface area contributed by atoms with Crippen molar-refractivity contribution in [3.05, 3.63) is 66.2 Å². The number of hydrogen-bond acceptors (Lipinski definition) is 4. The van der Waals surface area contributed by atoms with Crippen LogP contribution in [0.3, 0.4) is 0 Å². The summed E-state index contributed by atoms with van der Waals surface area (Å²) in [6.45, 7) is 0.649. The minimum atomic E-state index is -0.0376. The first-order valence-electron chi connectivity index (χ1n) is 8.07. The fourth-order valence-corrected chi connectivity index (χ4v) is 2.87. The number of rotatable bonds is 5. The largest absolute Gasteiger partial charge is 0.284 e. The molecule has 1 unspecified atom stereocenters. The van der Waals surface area contributed by atoms with Gasteiger partial charge in [0.05, 0.1) is 5.69 Å². The number of hydrazone groups is 1. The normalized spacial score (nSPS) is 19.3. The summed E-state index contributed by atoms with van der Waals surface area (Å²) in [5, 5.41) is 7.99. The first kappa shape index (κ1) is 16.2. The number of para-hydroxylation sites is 1. The molecule has 1 amide bonds. The lowest BCUT2D eigenvalue weighted by molar-refractivity contribution is -0.134. The number of benzene rings is 2. The first-order chi connectivity index (χ1) is 11.6. The standard InChI is InChI=1S/C19H22N4O/c1-22(2)23-14-16(13-15-9-5-3-6-10-15)18(19(23)24)21-20-17-11-7-4-8-12-17/h3-12,16,20H,13-14H2,1-2H3/b21-18-. The Hall–Kier alpha value is -2.66. The van der Waals surface area contributed by atoms with E-state index in [-0.39, 0.29) is 11.8 Å². The van der Waals surface area contributed by atoms with Gasteiger partial charge in [0.2, 0.25) is 0 Å². The lowest BCUT2D eigenvalue weighted by atomic mass is 9.97. The molecule has 1 fully saturated rings. The molecule has 2 aromatic carbocycles. The van der Waals surface area contributed by atoms with Crippen LogP contribution in [0.1, 0.15) is 5.56 Å². The SMILES string of the molecule is CN(C)N1CC(Cc2ccccc2)/C(=N/Nc2ccccc2)C1=O. The van der Waals surface area contributed by atoms with Crippen LogP contribution in [-0.2, 0) is 11.2 Å². The van der Waals surface area contributed by atoms with Crippen molar-refractivity contribution in [1.82, 2.24) is 10.0 Å². The van der Waals surface area contributed by atoms with E-state index in [1.165, 1.54) is 5.56 Å². The Morgan fingerprint density at radius 2 is 1.71 bits per heavy atom. The third-order valence-electron chi connectivity index (χ3n) is 4.12. The highest BCUT2D eigenvalue weighted by Crippen LogP contribution is 2.21. The molecule has 2 aromatic rings. The van der Waals surface area contributed by atoms with Crippen molar-refractivity contribution in [3.8, 4) is 0 Å². The molecule has 1 heterocycles. The molecule has 0 aromatic heterocycles. The fraction of sp³-hybridized carbons (Fsp3) is 0.263. The third-order valence-corrected chi connectivity index (χ3v) is 4.12. The minimum Gasteiger partial charge on any atom is -0.278 e. The van der Waals surface area contributed by atoms with Crippen molar-refractivity contribution in [2.75, 3.05) is 26.1 Å². The zero-order valence-electron chi connectivity index (χ0n) is 14.0. The molecule has 1 saturated heterocycles. The molecular formula is C19H22N4O. The number of carbonyl (C=O) groups excluding carboxylic acids is 1. The Kier molecular flexibility index (Phi) is 4.91. The van der Waals surface area contributed by atoms with E-state index < -0.39 is 0 Å². The maximum Gasteiger partial charge on any atom is 0.284 e. The van der Waals surface area contributed by atoms with Crippen molar-refractivity contribution in [1.29, 1.82) is 0 Å². The number of nitrogens with zero attached hydrogens (tertiary/aromatic N) is 3. The summed E-state index contributed by atoms with van der Waals surface area (Å²) < 4.78 is 0. The van der Waals surface area contributed by atoms with Gasteiger partial charge in [-0.15, -0.1) is 0 Å². The Bertz CT molecular complexity index is 713. The summed E-state index contributed by atoms with van der Waals surface area (Å²) in [5.74, 6) is 0.0304. The van der Waals surface area contributed by atoms with Crippen molar-refractivity contribution >= 4 is 17.3 Å². The molecule has 5 heteroatoms. The highest BCUT2D eigenvalue weighted by atomic mass is 16.2. The third kappa shape index (κ3) is 3.63. The lowest BCUT2D eigenvalue weighted by Crippen LogP contribution is -2.39. The van der Waals surface area contributed by atoms with E-state index in [2.05, 4.69) is 22.7 Å². The van der Waals surface area contributed by atoms with Crippen LogP contribution in [0.5, 0.6) is 0 Å². The number of nitrogens with one attached hydrogen (secondary N) is 1. The maximum absolute atomic E-state index is 12.7. The molecule has 0 radical (unpaired) electrons. The molecule has 1 N–H and O–H groups in total. The molecule has 0 aliphatic carbocycles. The van der Waals surface area contributed by atoms with Crippen LogP contribution in [-0.4, -0.2) is 42.3 Å². The molecular weight excluding hydrogens is 300 g/mol. The van der Waals surface area contributed by atoms with Gasteiger partial charge in [0, 0.05) is 26.6 Å². The van der Waals surface area contributed by atoms with Crippen LogP contribution >= 0.6 is 0 Å². The van der Waals surface area contributed by atoms with Gasteiger partial charge in [-0.1, -0.05) is 48.5 Å². The summed E-state index contributed by atoms with van der Waals surface area (Å²) in [6.07, 6.45) is 0.798. The number of hydrogen-bond donors (Lipinski definition) is 1. The van der Waals surface area contributed by atoms with Crippen LogP contribution in [0.2, 0.25) is 0 Å². The lowest BCUT2D eigenvalue weighted by Gasteiger charge is -2.23. The van der Waals surface area contributed by atoms with Gasteiger partial charge in [-0.3, -0.25) is 15.2 Å². The van der Waals surface area contributed by atoms with Gasteiger partial charge in [-0.2, -0.15) is 5.10 Å². The average Bonchev–Trinajstić information content (AvgIpc) is 2.91. The number of hydrazine groups is 1. The predicted octanol–water partition coefficient (Wildman–Crippen LogP) is 2.63. The summed E-state index contributed by atoms with van der Waals surface area (Å²) >= 11 is 0. The highest BCUT2D eigenvalue weighted by Gasteiger charge is 2.38. The predicted molar refractivity (Wildman–Crippen MR) is 96.5 cm³/mol. The molecule has 0 bridgehead atoms. The number of anilines is 1. The number of carbonyl (C=O) groups is 1. The summed E-state index contributed by atoms with van der Waals surface area (Å²) in [4.78, 5) is 12.7. The van der Waals surface area contributed by atoms with Crippen molar-refractivity contribution in [2.24, 2.45) is 11.0 Å². The van der Waals surface area contributed by atoms with Crippen molar-refractivity contribution < 1.29 is 4.79 Å². The van der Waals surface area contributed by atoms with Gasteiger partial charge in [0.1, 0.15) is 5.71 Å². The zero-order chi connectivity index (χ0) is 16.9. The van der Waals surface area contributed by atoms with E-state index >= 15 is 0 Å². The van der Waals surface area contributed by atoms with Crippen LogP contribution < -0.4 is 5.43 Å². The molecule has 1 aliphatic rings. The second kappa shape index (κ2) is 7.27. The van der Waals surface area contributed by atoms with Crippen LogP contribution in [0.4, 0.5) is 5.69 Å². The molecule has 0 spiro atoms. The second-order valence-electron chi connectivity index (χ2n) is 6.10. The van der Waals surface area contributed by atoms with Crippen molar-refractivity contribution in [3.63, 3.8) is 0 Å². The summed E-state index contributed by atoms with van der Waals surface area (Å²) in [7, 11) is 3.76. The van der Waals surface area contributed by atoms with Crippen LogP contribution in [0.25, 0.3) is 0 Å². The molecule has 1 aliphatic heterocycles. The molecule has 5 nitrogen and oxygen atoms in total. The number of amides is 1. The smallest absolute Gasteiger partial charge is 0.278 e. The van der Waals surface area contributed by atoms with Gasteiger partial charge in [-0.25, -0.2) is 5.01 Å². The summed E-state index contributed by atoms with van der Waals surface area (Å²) in [5.41, 5.74) is 5.68. The second-order valence-corrected chi connectivity index (χ2v) is 6.10. The minimum absolute atomic E-state index is 0.0376. The van der Waals surface area contributed by atoms with E-state index in [1.54, 1.807) is 5.01 Å². The van der Waals surface area contributed by atoms with E-state index in [4.69, 9.17) is 0 Å². The molecule has 124 valence electrons. The monoisotopic (exact) mass is 322 g/mol. The quantitative estimate of drug-likeness (QED) is 0.861. The van der Waals surface area contributed by atoms with Gasteiger partial charge < -0.3 is 0 Å². The van der Waals surface area contributed by atoms with E-state index in [9.17, 15) is 4.79 Å². The van der Waals surface area contributed by atoms with E-state index in [0.29, 0.717) is 12.3 Å². The molecule has 0 saturated carbocycles. The summed E-state index contributed by atoms with van der Waals surface area (Å²) in [6, 6.07) is 19.9. The van der Waals surface area contributed by atoms with Gasteiger partial charge in [0.15, 0.2) is 0 Å². The van der Waals surface area contributed by atoms with Gasteiger partial charge in [-0.05, 0) is 24.1 Å². The Labute approximate surface area is 142 Å². The Balaban J connectivity index is 1.82. The molecule has 3 rings (SSSR count). The highest BCUT2D eigenvalue weighted by molar-refractivity contribution is 6.41. The fourth-order valence-electron chi connectivity index (χ4n) is 2.87. The zero-order valence-corrected chi connectivity index (χ0v) is 14.0. The maximum atomic E-state index is 12.7.